The Bertz CT molecular complexity index is 655. The Hall–Kier alpha value is -1.72. The third-order valence-electron chi connectivity index (χ3n) is 4.84. The summed E-state index contributed by atoms with van der Waals surface area (Å²) in [5.74, 6) is 1.30. The summed E-state index contributed by atoms with van der Waals surface area (Å²) in [5, 5.41) is 13.9. The number of aliphatic hydroxyl groups excluding tert-OH is 1. The molecule has 2 aromatic rings. The van der Waals surface area contributed by atoms with Crippen LogP contribution in [0.2, 0.25) is 0 Å². The van der Waals surface area contributed by atoms with Gasteiger partial charge < -0.3 is 9.63 Å². The van der Waals surface area contributed by atoms with Gasteiger partial charge in [0.2, 0.25) is 0 Å². The fourth-order valence-electron chi connectivity index (χ4n) is 3.55. The van der Waals surface area contributed by atoms with Gasteiger partial charge in [-0.1, -0.05) is 36.7 Å². The number of aliphatic hydroxyl groups is 1. The third kappa shape index (κ3) is 3.46. The number of nitrogens with zero attached hydrogens (tertiary/aromatic N) is 3. The van der Waals surface area contributed by atoms with Crippen LogP contribution in [0.25, 0.3) is 11.5 Å². The van der Waals surface area contributed by atoms with E-state index in [1.165, 1.54) is 0 Å². The molecule has 5 heteroatoms. The van der Waals surface area contributed by atoms with Crippen molar-refractivity contribution in [2.24, 2.45) is 5.41 Å². The van der Waals surface area contributed by atoms with Crippen LogP contribution in [0, 0.1) is 12.3 Å². The highest BCUT2D eigenvalue weighted by Crippen LogP contribution is 2.35. The molecule has 5 nitrogen and oxygen atoms in total. The van der Waals surface area contributed by atoms with Gasteiger partial charge in [0.15, 0.2) is 5.82 Å². The van der Waals surface area contributed by atoms with Crippen LogP contribution in [0.1, 0.15) is 37.6 Å². The number of rotatable bonds is 6. The molecular formula is C18H25N3O2. The van der Waals surface area contributed by atoms with E-state index in [0.717, 1.165) is 43.5 Å². The second-order valence-electron chi connectivity index (χ2n) is 6.70. The fourth-order valence-corrected chi connectivity index (χ4v) is 3.55. The van der Waals surface area contributed by atoms with E-state index in [4.69, 9.17) is 4.52 Å². The van der Waals surface area contributed by atoms with Crippen LogP contribution < -0.4 is 0 Å². The van der Waals surface area contributed by atoms with Gasteiger partial charge in [0.05, 0.1) is 6.54 Å². The molecule has 0 aliphatic carbocycles. The van der Waals surface area contributed by atoms with Crippen molar-refractivity contribution in [2.75, 3.05) is 19.7 Å². The molecule has 1 fully saturated rings. The molecule has 1 aromatic carbocycles. The van der Waals surface area contributed by atoms with E-state index >= 15 is 0 Å². The predicted octanol–water partition coefficient (Wildman–Crippen LogP) is 3.03. The summed E-state index contributed by atoms with van der Waals surface area (Å²) in [7, 11) is 0. The minimum absolute atomic E-state index is 0.0529. The monoisotopic (exact) mass is 315 g/mol. The highest BCUT2D eigenvalue weighted by atomic mass is 16.5. The molecule has 1 N–H and O–H groups in total. The zero-order valence-corrected chi connectivity index (χ0v) is 14.0. The lowest BCUT2D eigenvalue weighted by atomic mass is 9.83. The highest BCUT2D eigenvalue weighted by Gasteiger charge is 2.37. The van der Waals surface area contributed by atoms with E-state index < -0.39 is 0 Å². The van der Waals surface area contributed by atoms with Gasteiger partial charge in [-0.25, -0.2) is 0 Å². The lowest BCUT2D eigenvalue weighted by Gasteiger charge is -2.26. The SMILES string of the molecule is CCCC1(CO)CCN(Cc2noc(-c3ccccc3C)n2)C1. The van der Waals surface area contributed by atoms with Crippen molar-refractivity contribution in [1.29, 1.82) is 0 Å². The molecule has 0 saturated carbocycles. The summed E-state index contributed by atoms with van der Waals surface area (Å²) in [4.78, 5) is 6.86. The topological polar surface area (TPSA) is 62.4 Å². The van der Waals surface area contributed by atoms with Gasteiger partial charge >= 0.3 is 0 Å². The standard InChI is InChI=1S/C18H25N3O2/c1-3-8-18(13-22)9-10-21(12-18)11-16-19-17(23-20-16)15-7-5-4-6-14(15)2/h4-7,22H,3,8-13H2,1-2H3. The zero-order chi connectivity index (χ0) is 16.3. The molecule has 0 radical (unpaired) electrons. The second kappa shape index (κ2) is 6.81. The normalized spacial score (nSPS) is 21.9. The van der Waals surface area contributed by atoms with E-state index in [0.29, 0.717) is 18.3 Å². The molecule has 0 bridgehead atoms. The largest absolute Gasteiger partial charge is 0.396 e. The van der Waals surface area contributed by atoms with Crippen molar-refractivity contribution in [3.8, 4) is 11.5 Å². The Morgan fingerprint density at radius 2 is 2.17 bits per heavy atom. The number of hydrogen-bond donors (Lipinski definition) is 1. The van der Waals surface area contributed by atoms with E-state index in [1.807, 2.05) is 31.2 Å². The predicted molar refractivity (Wildman–Crippen MR) is 88.8 cm³/mol. The Morgan fingerprint density at radius 1 is 1.35 bits per heavy atom. The molecule has 0 spiro atoms. The Kier molecular flexibility index (Phi) is 4.78. The van der Waals surface area contributed by atoms with Crippen LogP contribution >= 0.6 is 0 Å². The van der Waals surface area contributed by atoms with Crippen LogP contribution in [0.3, 0.4) is 0 Å². The number of aromatic nitrogens is 2. The summed E-state index contributed by atoms with van der Waals surface area (Å²) in [6.07, 6.45) is 3.22. The molecule has 1 atom stereocenters. The average Bonchev–Trinajstić information content (AvgIpc) is 3.17. The van der Waals surface area contributed by atoms with Gasteiger partial charge in [0, 0.05) is 24.1 Å². The van der Waals surface area contributed by atoms with E-state index in [2.05, 4.69) is 22.0 Å². The molecule has 1 saturated heterocycles. The first-order chi connectivity index (χ1) is 11.2. The van der Waals surface area contributed by atoms with Gasteiger partial charge in [-0.2, -0.15) is 4.98 Å². The van der Waals surface area contributed by atoms with Gasteiger partial charge in [-0.05, 0) is 37.9 Å². The maximum absolute atomic E-state index is 9.74. The number of hydrogen-bond acceptors (Lipinski definition) is 5. The van der Waals surface area contributed by atoms with Crippen molar-refractivity contribution < 1.29 is 9.63 Å². The number of likely N-dealkylation sites (tertiary alicyclic amines) is 1. The molecule has 23 heavy (non-hydrogen) atoms. The van der Waals surface area contributed by atoms with Crippen LogP contribution in [-0.4, -0.2) is 39.8 Å². The second-order valence-corrected chi connectivity index (χ2v) is 6.70. The summed E-state index contributed by atoms with van der Waals surface area (Å²) >= 11 is 0. The molecule has 2 heterocycles. The summed E-state index contributed by atoms with van der Waals surface area (Å²) < 4.78 is 5.43. The average molecular weight is 315 g/mol. The van der Waals surface area contributed by atoms with Crippen molar-refractivity contribution in [1.82, 2.24) is 15.0 Å². The Morgan fingerprint density at radius 3 is 2.91 bits per heavy atom. The molecule has 1 aromatic heterocycles. The smallest absolute Gasteiger partial charge is 0.258 e. The molecule has 124 valence electrons. The lowest BCUT2D eigenvalue weighted by Crippen LogP contribution is -2.30. The quantitative estimate of drug-likeness (QED) is 0.888. The van der Waals surface area contributed by atoms with Crippen LogP contribution in [0.4, 0.5) is 0 Å². The molecule has 1 aliphatic rings. The molecule has 1 unspecified atom stereocenters. The van der Waals surface area contributed by atoms with Gasteiger partial charge in [-0.3, -0.25) is 4.90 Å². The summed E-state index contributed by atoms with van der Waals surface area (Å²) in [6, 6.07) is 8.02. The highest BCUT2D eigenvalue weighted by molar-refractivity contribution is 5.57. The third-order valence-corrected chi connectivity index (χ3v) is 4.84. The maximum atomic E-state index is 9.74. The molecule has 3 rings (SSSR count). The van der Waals surface area contributed by atoms with Crippen LogP contribution in [0.5, 0.6) is 0 Å². The van der Waals surface area contributed by atoms with Crippen molar-refractivity contribution in [3.05, 3.63) is 35.7 Å². The van der Waals surface area contributed by atoms with Crippen LogP contribution in [0.15, 0.2) is 28.8 Å². The molecular weight excluding hydrogens is 290 g/mol. The van der Waals surface area contributed by atoms with E-state index in [-0.39, 0.29) is 12.0 Å². The lowest BCUT2D eigenvalue weighted by molar-refractivity contribution is 0.116. The molecule has 1 aliphatic heterocycles. The molecule has 0 amide bonds. The summed E-state index contributed by atoms with van der Waals surface area (Å²) in [6.45, 7) is 7.05. The Balaban J connectivity index is 1.68. The zero-order valence-electron chi connectivity index (χ0n) is 14.0. The van der Waals surface area contributed by atoms with Crippen LogP contribution in [-0.2, 0) is 6.54 Å². The maximum Gasteiger partial charge on any atom is 0.258 e. The van der Waals surface area contributed by atoms with Crippen molar-refractivity contribution in [2.45, 2.75) is 39.7 Å². The fraction of sp³-hybridized carbons (Fsp3) is 0.556. The first-order valence-corrected chi connectivity index (χ1v) is 8.37. The van der Waals surface area contributed by atoms with E-state index in [1.54, 1.807) is 0 Å². The van der Waals surface area contributed by atoms with Gasteiger partial charge in [0.25, 0.3) is 5.89 Å². The minimum Gasteiger partial charge on any atom is -0.396 e. The van der Waals surface area contributed by atoms with E-state index in [9.17, 15) is 5.11 Å². The first-order valence-electron chi connectivity index (χ1n) is 8.37. The van der Waals surface area contributed by atoms with Crippen molar-refractivity contribution in [3.63, 3.8) is 0 Å². The summed E-state index contributed by atoms with van der Waals surface area (Å²) in [5.41, 5.74) is 2.17. The number of aryl methyl sites for hydroxylation is 1. The number of benzene rings is 1. The van der Waals surface area contributed by atoms with Gasteiger partial charge in [-0.15, -0.1) is 0 Å². The Labute approximate surface area is 137 Å². The van der Waals surface area contributed by atoms with Gasteiger partial charge in [0.1, 0.15) is 0 Å². The van der Waals surface area contributed by atoms with Crippen molar-refractivity contribution >= 4 is 0 Å². The minimum atomic E-state index is 0.0529. The first kappa shape index (κ1) is 16.1.